The molecule has 0 fully saturated rings. The lowest BCUT2D eigenvalue weighted by Gasteiger charge is -2.07. The van der Waals surface area contributed by atoms with Crippen molar-refractivity contribution in [2.45, 2.75) is 6.92 Å². The van der Waals surface area contributed by atoms with Crippen molar-refractivity contribution in [2.75, 3.05) is 11.9 Å². The van der Waals surface area contributed by atoms with Gasteiger partial charge in [-0.3, -0.25) is 14.9 Å². The third kappa shape index (κ3) is 4.69. The van der Waals surface area contributed by atoms with Gasteiger partial charge >= 0.3 is 5.97 Å². The fraction of sp³-hybridized carbons (Fsp3) is 0.167. The number of nitrogens with one attached hydrogen (secondary N) is 1. The van der Waals surface area contributed by atoms with Gasteiger partial charge in [-0.2, -0.15) is 0 Å². The van der Waals surface area contributed by atoms with Crippen LogP contribution in [0.15, 0.2) is 30.4 Å². The van der Waals surface area contributed by atoms with Crippen LogP contribution >= 0.6 is 11.6 Å². The second-order valence-electron chi connectivity index (χ2n) is 3.58. The molecule has 0 saturated carbocycles. The lowest BCUT2D eigenvalue weighted by Crippen LogP contribution is -2.20. The Morgan fingerprint density at radius 3 is 2.80 bits per heavy atom. The molecule has 0 atom stereocenters. The Morgan fingerprint density at radius 2 is 2.20 bits per heavy atom. The normalized spacial score (nSPS) is 10.3. The molecule has 7 nitrogen and oxygen atoms in total. The van der Waals surface area contributed by atoms with Crippen molar-refractivity contribution in [3.05, 3.63) is 45.5 Å². The van der Waals surface area contributed by atoms with Gasteiger partial charge in [0, 0.05) is 18.2 Å². The number of hydrogen-bond acceptors (Lipinski definition) is 5. The second kappa shape index (κ2) is 7.25. The van der Waals surface area contributed by atoms with Crippen LogP contribution in [-0.2, 0) is 14.3 Å². The molecule has 8 heteroatoms. The van der Waals surface area contributed by atoms with E-state index in [1.165, 1.54) is 18.2 Å². The van der Waals surface area contributed by atoms with Crippen molar-refractivity contribution in [3.8, 4) is 0 Å². The summed E-state index contributed by atoms with van der Waals surface area (Å²) < 4.78 is 4.62. The summed E-state index contributed by atoms with van der Waals surface area (Å²) in [7, 11) is 0. The zero-order valence-corrected chi connectivity index (χ0v) is 11.2. The van der Waals surface area contributed by atoms with Gasteiger partial charge in [0.2, 0.25) is 0 Å². The highest BCUT2D eigenvalue weighted by atomic mass is 35.5. The van der Waals surface area contributed by atoms with Gasteiger partial charge in [-0.05, 0) is 13.0 Å². The first-order valence-electron chi connectivity index (χ1n) is 5.47. The first kappa shape index (κ1) is 15.6. The average Bonchev–Trinajstić information content (AvgIpc) is 2.39. The van der Waals surface area contributed by atoms with Gasteiger partial charge in [0.25, 0.3) is 11.6 Å². The van der Waals surface area contributed by atoms with Crippen molar-refractivity contribution < 1.29 is 19.2 Å². The minimum absolute atomic E-state index is 0.0768. The minimum Gasteiger partial charge on any atom is -0.452 e. The Balaban J connectivity index is 2.68. The summed E-state index contributed by atoms with van der Waals surface area (Å²) in [4.78, 5) is 32.5. The maximum absolute atomic E-state index is 11.5. The molecule has 1 aromatic carbocycles. The monoisotopic (exact) mass is 298 g/mol. The predicted octanol–water partition coefficient (Wildman–Crippen LogP) is 2.31. The number of allylic oxidation sites excluding steroid dienone is 1. The number of nitro benzene ring substituents is 1. The number of benzene rings is 1. The molecule has 0 aromatic heterocycles. The fourth-order valence-corrected chi connectivity index (χ4v) is 1.39. The number of rotatable bonds is 5. The van der Waals surface area contributed by atoms with E-state index < -0.39 is 23.4 Å². The lowest BCUT2D eigenvalue weighted by atomic mass is 10.3. The number of halogens is 1. The van der Waals surface area contributed by atoms with Crippen LogP contribution in [0.25, 0.3) is 0 Å². The molecule has 0 radical (unpaired) electrons. The molecule has 1 N–H and O–H groups in total. The molecule has 0 bridgehead atoms. The van der Waals surface area contributed by atoms with Gasteiger partial charge in [0.15, 0.2) is 6.61 Å². The Morgan fingerprint density at radius 1 is 1.50 bits per heavy atom. The SMILES string of the molecule is CC=CC(=O)OCC(=O)Nc1cc([N+](=O)[O-])ccc1Cl. The third-order valence-corrected chi connectivity index (χ3v) is 2.41. The van der Waals surface area contributed by atoms with E-state index >= 15 is 0 Å². The van der Waals surface area contributed by atoms with Crippen LogP contribution in [0.4, 0.5) is 11.4 Å². The molecule has 0 unspecified atom stereocenters. The minimum atomic E-state index is -0.659. The van der Waals surface area contributed by atoms with Gasteiger partial charge in [-0.25, -0.2) is 4.79 Å². The Hall–Kier alpha value is -2.41. The van der Waals surface area contributed by atoms with Crippen molar-refractivity contribution in [1.29, 1.82) is 0 Å². The molecular weight excluding hydrogens is 288 g/mol. The number of anilines is 1. The Labute approximate surface area is 119 Å². The topological polar surface area (TPSA) is 98.5 Å². The number of nitrogens with zero attached hydrogens (tertiary/aromatic N) is 1. The molecule has 0 aliphatic carbocycles. The summed E-state index contributed by atoms with van der Waals surface area (Å²) in [6.45, 7) is 1.12. The molecule has 106 valence electrons. The summed E-state index contributed by atoms with van der Waals surface area (Å²) in [5.74, 6) is -1.31. The number of nitro groups is 1. The number of non-ortho nitro benzene ring substituents is 1. The highest BCUT2D eigenvalue weighted by molar-refractivity contribution is 6.33. The van der Waals surface area contributed by atoms with Crippen molar-refractivity contribution >= 4 is 34.9 Å². The first-order chi connectivity index (χ1) is 9.43. The van der Waals surface area contributed by atoms with E-state index in [0.29, 0.717) is 0 Å². The van der Waals surface area contributed by atoms with Gasteiger partial charge in [0.1, 0.15) is 0 Å². The molecule has 0 spiro atoms. The molecule has 1 rings (SSSR count). The summed E-state index contributed by atoms with van der Waals surface area (Å²) in [6.07, 6.45) is 2.63. The van der Waals surface area contributed by atoms with E-state index in [0.717, 1.165) is 12.1 Å². The number of carbonyl (C=O) groups is 2. The van der Waals surface area contributed by atoms with Crippen molar-refractivity contribution in [1.82, 2.24) is 0 Å². The standard InChI is InChI=1S/C12H11ClN2O5/c1-2-3-12(17)20-7-11(16)14-10-6-8(15(18)19)4-5-9(10)13/h2-6H,7H2,1H3,(H,14,16). The summed E-state index contributed by atoms with van der Waals surface area (Å²) in [5, 5.41) is 13.1. The number of amides is 1. The maximum atomic E-state index is 11.5. The fourth-order valence-electron chi connectivity index (χ4n) is 1.23. The number of carbonyl (C=O) groups excluding carboxylic acids is 2. The van der Waals surface area contributed by atoms with Crippen molar-refractivity contribution in [2.24, 2.45) is 0 Å². The highest BCUT2D eigenvalue weighted by Crippen LogP contribution is 2.26. The quantitative estimate of drug-likeness (QED) is 0.389. The lowest BCUT2D eigenvalue weighted by molar-refractivity contribution is -0.384. The molecule has 0 heterocycles. The summed E-state index contributed by atoms with van der Waals surface area (Å²) >= 11 is 5.80. The maximum Gasteiger partial charge on any atom is 0.330 e. The molecule has 0 aliphatic heterocycles. The molecule has 1 aromatic rings. The van der Waals surface area contributed by atoms with Crippen LogP contribution in [0.5, 0.6) is 0 Å². The summed E-state index contributed by atoms with van der Waals surface area (Å²) in [5.41, 5.74) is -0.136. The third-order valence-electron chi connectivity index (χ3n) is 2.08. The van der Waals surface area contributed by atoms with Crippen LogP contribution in [0.2, 0.25) is 5.02 Å². The largest absolute Gasteiger partial charge is 0.452 e. The average molecular weight is 299 g/mol. The number of esters is 1. The van der Waals surface area contributed by atoms with E-state index in [2.05, 4.69) is 10.1 Å². The molecule has 1 amide bonds. The number of ether oxygens (including phenoxy) is 1. The zero-order chi connectivity index (χ0) is 15.1. The van der Waals surface area contributed by atoms with Gasteiger partial charge < -0.3 is 10.1 Å². The van der Waals surface area contributed by atoms with Crippen LogP contribution in [-0.4, -0.2) is 23.4 Å². The Bertz CT molecular complexity index is 571. The van der Waals surface area contributed by atoms with Crippen LogP contribution in [0.1, 0.15) is 6.92 Å². The molecule has 20 heavy (non-hydrogen) atoms. The smallest absolute Gasteiger partial charge is 0.330 e. The predicted molar refractivity (Wildman–Crippen MR) is 72.5 cm³/mol. The van der Waals surface area contributed by atoms with E-state index in [-0.39, 0.29) is 16.4 Å². The Kier molecular flexibility index (Phi) is 5.67. The van der Waals surface area contributed by atoms with E-state index in [9.17, 15) is 19.7 Å². The van der Waals surface area contributed by atoms with Gasteiger partial charge in [-0.1, -0.05) is 17.7 Å². The second-order valence-corrected chi connectivity index (χ2v) is 3.98. The van der Waals surface area contributed by atoms with Crippen LogP contribution < -0.4 is 5.32 Å². The van der Waals surface area contributed by atoms with E-state index in [1.54, 1.807) is 6.92 Å². The zero-order valence-electron chi connectivity index (χ0n) is 10.5. The molecule has 0 saturated heterocycles. The number of hydrogen-bond donors (Lipinski definition) is 1. The first-order valence-corrected chi connectivity index (χ1v) is 5.85. The van der Waals surface area contributed by atoms with Crippen molar-refractivity contribution in [3.63, 3.8) is 0 Å². The van der Waals surface area contributed by atoms with Crippen LogP contribution in [0, 0.1) is 10.1 Å². The van der Waals surface area contributed by atoms with Gasteiger partial charge in [0.05, 0.1) is 15.6 Å². The van der Waals surface area contributed by atoms with Crippen LogP contribution in [0.3, 0.4) is 0 Å². The van der Waals surface area contributed by atoms with E-state index in [4.69, 9.17) is 11.6 Å². The highest BCUT2D eigenvalue weighted by Gasteiger charge is 2.12. The van der Waals surface area contributed by atoms with Gasteiger partial charge in [-0.15, -0.1) is 0 Å². The molecule has 0 aliphatic rings. The summed E-state index contributed by atoms with van der Waals surface area (Å²) in [6, 6.07) is 3.62. The molecular formula is C12H11ClN2O5. The van der Waals surface area contributed by atoms with E-state index in [1.807, 2.05) is 0 Å².